The Morgan fingerprint density at radius 2 is 1.54 bits per heavy atom. The lowest BCUT2D eigenvalue weighted by Gasteiger charge is -2.15. The summed E-state index contributed by atoms with van der Waals surface area (Å²) in [5, 5.41) is 13.5. The highest BCUT2D eigenvalue weighted by molar-refractivity contribution is 6.10. The van der Waals surface area contributed by atoms with Crippen LogP contribution in [0.25, 0.3) is 0 Å². The maximum absolute atomic E-state index is 12.4. The smallest absolute Gasteiger partial charge is 0.340 e. The molecule has 1 heterocycles. The molecule has 10 nitrogen and oxygen atoms in total. The van der Waals surface area contributed by atoms with E-state index in [0.717, 1.165) is 12.4 Å². The fourth-order valence-electron chi connectivity index (χ4n) is 2.10. The van der Waals surface area contributed by atoms with E-state index < -0.39 is 29.2 Å². The van der Waals surface area contributed by atoms with Crippen LogP contribution in [0.1, 0.15) is 31.3 Å². The zero-order chi connectivity index (χ0) is 19.3. The summed E-state index contributed by atoms with van der Waals surface area (Å²) < 4.78 is 14.9. The molecule has 0 atom stereocenters. The summed E-state index contributed by atoms with van der Waals surface area (Å²) in [6.07, 6.45) is 2.26. The number of carbonyl (C=O) groups excluding carboxylic acids is 3. The number of ether oxygens (including phenoxy) is 3. The number of hydrogen-bond donors (Lipinski definition) is 1. The second-order valence-corrected chi connectivity index (χ2v) is 4.74. The van der Waals surface area contributed by atoms with E-state index in [1.165, 1.54) is 33.5 Å². The zero-order valence-corrected chi connectivity index (χ0v) is 14.1. The highest BCUT2D eigenvalue weighted by Gasteiger charge is 2.21. The third kappa shape index (κ3) is 3.69. The summed E-state index contributed by atoms with van der Waals surface area (Å²) in [5.41, 5.74) is -1.13. The van der Waals surface area contributed by atoms with Gasteiger partial charge in [-0.2, -0.15) is 0 Å². The number of nitrogens with zero attached hydrogens (tertiary/aromatic N) is 2. The van der Waals surface area contributed by atoms with Gasteiger partial charge in [0.25, 0.3) is 5.91 Å². The van der Waals surface area contributed by atoms with Crippen LogP contribution in [0.2, 0.25) is 0 Å². The molecule has 0 aliphatic heterocycles. The molecule has 0 aliphatic carbocycles. The standard InChI is InChI=1S/C16H15N3O7/c1-24-10-6-8(16(23)26-3)9(7-11(10)25-2)19-14(20)12-13(15(21)22)18-5-4-17-12/h4-7H,1-3H3,(H,19,20)(H,21,22)/p-1. The fraction of sp³-hybridized carbons (Fsp3) is 0.188. The third-order valence-corrected chi connectivity index (χ3v) is 3.28. The van der Waals surface area contributed by atoms with Crippen molar-refractivity contribution in [3.05, 3.63) is 41.5 Å². The van der Waals surface area contributed by atoms with E-state index in [0.29, 0.717) is 0 Å². The number of amides is 1. The Bertz CT molecular complexity index is 867. The number of nitrogens with one attached hydrogen (secondary N) is 1. The molecule has 0 saturated carbocycles. The largest absolute Gasteiger partial charge is 0.543 e. The molecule has 2 rings (SSSR count). The van der Waals surface area contributed by atoms with Crippen molar-refractivity contribution in [2.45, 2.75) is 0 Å². The molecule has 0 spiro atoms. The maximum atomic E-state index is 12.4. The van der Waals surface area contributed by atoms with Crippen LogP contribution in [0.5, 0.6) is 11.5 Å². The number of anilines is 1. The van der Waals surface area contributed by atoms with E-state index in [9.17, 15) is 19.5 Å². The predicted molar refractivity (Wildman–Crippen MR) is 85.2 cm³/mol. The Balaban J connectivity index is 2.50. The number of hydrogen-bond acceptors (Lipinski definition) is 9. The van der Waals surface area contributed by atoms with Crippen LogP contribution >= 0.6 is 0 Å². The molecule has 0 unspecified atom stereocenters. The summed E-state index contributed by atoms with van der Waals surface area (Å²) in [6, 6.07) is 2.65. The van der Waals surface area contributed by atoms with Crippen LogP contribution in [0, 0.1) is 0 Å². The van der Waals surface area contributed by atoms with Crippen LogP contribution < -0.4 is 19.9 Å². The van der Waals surface area contributed by atoms with Gasteiger partial charge in [0.2, 0.25) is 0 Å². The summed E-state index contributed by atoms with van der Waals surface area (Å²) in [7, 11) is 3.92. The van der Waals surface area contributed by atoms with Crippen LogP contribution in [0.15, 0.2) is 24.5 Å². The van der Waals surface area contributed by atoms with Gasteiger partial charge in [0.05, 0.1) is 38.5 Å². The first kappa shape index (κ1) is 18.6. The minimum absolute atomic E-state index is 0.00875. The van der Waals surface area contributed by atoms with Crippen LogP contribution in [0.4, 0.5) is 5.69 Å². The van der Waals surface area contributed by atoms with Gasteiger partial charge < -0.3 is 29.4 Å². The molecular weight excluding hydrogens is 346 g/mol. The van der Waals surface area contributed by atoms with Gasteiger partial charge in [-0.05, 0) is 0 Å². The molecule has 136 valence electrons. The van der Waals surface area contributed by atoms with Crippen molar-refractivity contribution in [1.82, 2.24) is 9.97 Å². The quantitative estimate of drug-likeness (QED) is 0.699. The number of rotatable bonds is 6. The van der Waals surface area contributed by atoms with E-state index in [1.54, 1.807) is 0 Å². The Hall–Kier alpha value is -3.69. The molecule has 2 aromatic rings. The molecule has 1 aromatic heterocycles. The topological polar surface area (TPSA) is 140 Å². The lowest BCUT2D eigenvalue weighted by atomic mass is 10.1. The number of methoxy groups -OCH3 is 3. The Morgan fingerprint density at radius 3 is 2.08 bits per heavy atom. The highest BCUT2D eigenvalue weighted by atomic mass is 16.5. The minimum atomic E-state index is -1.66. The van der Waals surface area contributed by atoms with Crippen LogP contribution in [0.3, 0.4) is 0 Å². The van der Waals surface area contributed by atoms with Crippen molar-refractivity contribution in [2.75, 3.05) is 26.6 Å². The summed E-state index contributed by atoms with van der Waals surface area (Å²) in [4.78, 5) is 42.8. The van der Waals surface area contributed by atoms with E-state index in [2.05, 4.69) is 20.0 Å². The highest BCUT2D eigenvalue weighted by Crippen LogP contribution is 2.34. The van der Waals surface area contributed by atoms with Gasteiger partial charge >= 0.3 is 5.97 Å². The van der Waals surface area contributed by atoms with E-state index in [-0.39, 0.29) is 22.7 Å². The zero-order valence-electron chi connectivity index (χ0n) is 14.1. The van der Waals surface area contributed by atoms with Gasteiger partial charge in [-0.25, -0.2) is 9.78 Å². The van der Waals surface area contributed by atoms with Gasteiger partial charge in [0.1, 0.15) is 5.69 Å². The van der Waals surface area contributed by atoms with Crippen molar-refractivity contribution in [1.29, 1.82) is 0 Å². The van der Waals surface area contributed by atoms with E-state index in [4.69, 9.17) is 9.47 Å². The predicted octanol–water partition coefficient (Wildman–Crippen LogP) is -0.104. The van der Waals surface area contributed by atoms with Gasteiger partial charge in [0.15, 0.2) is 17.2 Å². The number of carbonyl (C=O) groups is 3. The second-order valence-electron chi connectivity index (χ2n) is 4.74. The Morgan fingerprint density at radius 1 is 0.962 bits per heavy atom. The Kier molecular flexibility index (Phi) is 5.68. The molecule has 1 N–H and O–H groups in total. The van der Waals surface area contributed by atoms with Gasteiger partial charge in [-0.15, -0.1) is 0 Å². The van der Waals surface area contributed by atoms with Crippen molar-refractivity contribution in [2.24, 2.45) is 0 Å². The van der Waals surface area contributed by atoms with Crippen LogP contribution in [-0.2, 0) is 4.74 Å². The molecule has 0 radical (unpaired) electrons. The number of aromatic carboxylic acids is 1. The van der Waals surface area contributed by atoms with Crippen molar-refractivity contribution >= 4 is 23.5 Å². The van der Waals surface area contributed by atoms with Gasteiger partial charge in [0, 0.05) is 24.5 Å². The lowest BCUT2D eigenvalue weighted by molar-refractivity contribution is -0.255. The molecule has 0 saturated heterocycles. The number of benzene rings is 1. The molecular formula is C16H14N3O7-. The number of carboxylic acid groups (broad SMARTS) is 1. The second kappa shape index (κ2) is 7.92. The molecule has 0 bridgehead atoms. The van der Waals surface area contributed by atoms with Gasteiger partial charge in [-0.1, -0.05) is 0 Å². The molecule has 1 aromatic carbocycles. The SMILES string of the molecule is COC(=O)c1cc(OC)c(OC)cc1NC(=O)c1nccnc1C(=O)[O-]. The monoisotopic (exact) mass is 360 g/mol. The van der Waals surface area contributed by atoms with Crippen molar-refractivity contribution in [3.63, 3.8) is 0 Å². The average Bonchev–Trinajstić information content (AvgIpc) is 2.66. The first-order valence-corrected chi connectivity index (χ1v) is 7.11. The van der Waals surface area contributed by atoms with Crippen molar-refractivity contribution in [3.8, 4) is 11.5 Å². The summed E-state index contributed by atoms with van der Waals surface area (Å²) in [5.74, 6) is -2.85. The maximum Gasteiger partial charge on any atom is 0.340 e. The minimum Gasteiger partial charge on any atom is -0.543 e. The average molecular weight is 360 g/mol. The lowest BCUT2D eigenvalue weighted by Crippen LogP contribution is -2.29. The van der Waals surface area contributed by atoms with Crippen LogP contribution in [-0.4, -0.2) is 49.1 Å². The van der Waals surface area contributed by atoms with Crippen molar-refractivity contribution < 1.29 is 33.7 Å². The summed E-state index contributed by atoms with van der Waals surface area (Å²) >= 11 is 0. The molecule has 10 heteroatoms. The third-order valence-electron chi connectivity index (χ3n) is 3.28. The first-order valence-electron chi connectivity index (χ1n) is 7.11. The number of aromatic nitrogens is 2. The number of carboxylic acids is 1. The van der Waals surface area contributed by atoms with E-state index >= 15 is 0 Å². The normalized spacial score (nSPS) is 9.96. The number of esters is 1. The van der Waals surface area contributed by atoms with Gasteiger partial charge in [-0.3, -0.25) is 9.78 Å². The molecule has 0 fully saturated rings. The first-order chi connectivity index (χ1) is 12.4. The molecule has 1 amide bonds. The molecule has 0 aliphatic rings. The summed E-state index contributed by atoms with van der Waals surface area (Å²) in [6.45, 7) is 0. The fourth-order valence-corrected chi connectivity index (χ4v) is 2.10. The van der Waals surface area contributed by atoms with E-state index in [1.807, 2.05) is 0 Å². The Labute approximate surface area is 147 Å². The molecule has 26 heavy (non-hydrogen) atoms.